The molecule has 1 aromatic carbocycles. The average Bonchev–Trinajstić information content (AvgIpc) is 2.69. The number of hydrogen-bond donors (Lipinski definition) is 1. The van der Waals surface area contributed by atoms with Crippen molar-refractivity contribution in [2.45, 2.75) is 20.0 Å². The summed E-state index contributed by atoms with van der Waals surface area (Å²) in [5.74, 6) is 0. The molecular formula is C12H12BrClN2S. The first kappa shape index (κ1) is 13.0. The molecule has 2 aromatic rings. The molecule has 5 heteroatoms. The maximum atomic E-state index is 6.11. The molecule has 0 radical (unpaired) electrons. The zero-order valence-electron chi connectivity index (χ0n) is 9.34. The summed E-state index contributed by atoms with van der Waals surface area (Å²) in [4.78, 5) is 5.54. The van der Waals surface area contributed by atoms with Gasteiger partial charge in [-0.3, -0.25) is 0 Å². The summed E-state index contributed by atoms with van der Waals surface area (Å²) < 4.78 is 1.05. The second-order valence-electron chi connectivity index (χ2n) is 3.70. The van der Waals surface area contributed by atoms with Gasteiger partial charge in [-0.2, -0.15) is 0 Å². The van der Waals surface area contributed by atoms with Crippen LogP contribution >= 0.6 is 38.9 Å². The van der Waals surface area contributed by atoms with Crippen molar-refractivity contribution in [2.24, 2.45) is 0 Å². The molecule has 2 nitrogen and oxygen atoms in total. The summed E-state index contributed by atoms with van der Waals surface area (Å²) in [5, 5.41) is 5.24. The molecule has 1 N–H and O–H groups in total. The van der Waals surface area contributed by atoms with Crippen molar-refractivity contribution in [1.29, 1.82) is 0 Å². The molecule has 17 heavy (non-hydrogen) atoms. The second-order valence-corrected chi connectivity index (χ2v) is 6.35. The number of hydrogen-bond acceptors (Lipinski definition) is 3. The van der Waals surface area contributed by atoms with Gasteiger partial charge in [0.15, 0.2) is 0 Å². The van der Waals surface area contributed by atoms with Gasteiger partial charge < -0.3 is 5.32 Å². The molecule has 1 aromatic heterocycles. The molecule has 0 atom stereocenters. The van der Waals surface area contributed by atoms with Gasteiger partial charge in [0, 0.05) is 33.7 Å². The second kappa shape index (κ2) is 5.96. The molecule has 0 saturated carbocycles. The minimum Gasteiger partial charge on any atom is -0.306 e. The maximum Gasteiger partial charge on any atom is 0.107 e. The zero-order valence-corrected chi connectivity index (χ0v) is 12.5. The van der Waals surface area contributed by atoms with Crippen LogP contribution in [-0.4, -0.2) is 4.98 Å². The molecule has 0 spiro atoms. The highest BCUT2D eigenvalue weighted by Gasteiger charge is 2.02. The van der Waals surface area contributed by atoms with Crippen molar-refractivity contribution in [1.82, 2.24) is 10.3 Å². The zero-order chi connectivity index (χ0) is 12.3. The van der Waals surface area contributed by atoms with E-state index in [0.717, 1.165) is 33.2 Å². The van der Waals surface area contributed by atoms with Crippen LogP contribution in [0.4, 0.5) is 0 Å². The van der Waals surface area contributed by atoms with Gasteiger partial charge >= 0.3 is 0 Å². The fraction of sp³-hybridized carbons (Fsp3) is 0.250. The van der Waals surface area contributed by atoms with Crippen molar-refractivity contribution in [3.8, 4) is 0 Å². The van der Waals surface area contributed by atoms with Crippen LogP contribution in [0.5, 0.6) is 0 Å². The van der Waals surface area contributed by atoms with Crippen molar-refractivity contribution < 1.29 is 0 Å². The molecule has 90 valence electrons. The van der Waals surface area contributed by atoms with Crippen LogP contribution in [-0.2, 0) is 13.1 Å². The van der Waals surface area contributed by atoms with E-state index in [0.29, 0.717) is 0 Å². The molecule has 0 aliphatic carbocycles. The summed E-state index contributed by atoms with van der Waals surface area (Å²) in [7, 11) is 0. The van der Waals surface area contributed by atoms with E-state index in [-0.39, 0.29) is 0 Å². The quantitative estimate of drug-likeness (QED) is 0.910. The van der Waals surface area contributed by atoms with Crippen LogP contribution in [0.25, 0.3) is 0 Å². The fourth-order valence-electron chi connectivity index (χ4n) is 1.47. The Morgan fingerprint density at radius 1 is 1.41 bits per heavy atom. The summed E-state index contributed by atoms with van der Waals surface area (Å²) >= 11 is 11.3. The molecular weight excluding hydrogens is 320 g/mol. The Morgan fingerprint density at radius 3 is 2.94 bits per heavy atom. The van der Waals surface area contributed by atoms with Crippen LogP contribution in [0.2, 0.25) is 5.02 Å². The Labute approximate surface area is 118 Å². The number of thiazole rings is 1. The maximum absolute atomic E-state index is 6.11. The third-order valence-electron chi connectivity index (χ3n) is 2.27. The molecule has 2 rings (SSSR count). The van der Waals surface area contributed by atoms with Crippen molar-refractivity contribution in [2.75, 3.05) is 0 Å². The van der Waals surface area contributed by atoms with Crippen LogP contribution in [0.1, 0.15) is 15.4 Å². The normalized spacial score (nSPS) is 10.8. The van der Waals surface area contributed by atoms with E-state index in [1.807, 2.05) is 24.4 Å². The van der Waals surface area contributed by atoms with E-state index in [9.17, 15) is 0 Å². The first-order valence-corrected chi connectivity index (χ1v) is 7.20. The van der Waals surface area contributed by atoms with Crippen LogP contribution in [0, 0.1) is 6.92 Å². The number of rotatable bonds is 4. The molecule has 1 heterocycles. The van der Waals surface area contributed by atoms with E-state index in [2.05, 4.69) is 33.2 Å². The lowest BCUT2D eigenvalue weighted by atomic mass is 10.2. The van der Waals surface area contributed by atoms with Gasteiger partial charge in [0.2, 0.25) is 0 Å². The molecule has 0 unspecified atom stereocenters. The van der Waals surface area contributed by atoms with Gasteiger partial charge in [-0.15, -0.1) is 11.3 Å². The van der Waals surface area contributed by atoms with Crippen molar-refractivity contribution in [3.63, 3.8) is 0 Å². The minimum absolute atomic E-state index is 0.747. The first-order valence-electron chi connectivity index (χ1n) is 5.21. The number of nitrogens with one attached hydrogen (secondary N) is 1. The summed E-state index contributed by atoms with van der Waals surface area (Å²) in [5.41, 5.74) is 1.09. The van der Waals surface area contributed by atoms with Gasteiger partial charge in [0.05, 0.1) is 0 Å². The Bertz CT molecular complexity index is 513. The highest BCUT2D eigenvalue weighted by atomic mass is 79.9. The van der Waals surface area contributed by atoms with Gasteiger partial charge in [-0.05, 0) is 30.7 Å². The number of benzene rings is 1. The standard InChI is InChI=1S/C12H12BrClN2S/c1-8-5-16-12(17-8)7-15-6-9-4-10(13)2-3-11(9)14/h2-5,15H,6-7H2,1H3. The third-order valence-corrected chi connectivity index (χ3v) is 4.04. The predicted octanol–water partition coefficient (Wildman–Crippen LogP) is 4.16. The van der Waals surface area contributed by atoms with Gasteiger partial charge in [-0.25, -0.2) is 4.98 Å². The van der Waals surface area contributed by atoms with Crippen LogP contribution < -0.4 is 5.32 Å². The van der Waals surface area contributed by atoms with E-state index in [4.69, 9.17) is 11.6 Å². The monoisotopic (exact) mass is 330 g/mol. The lowest BCUT2D eigenvalue weighted by Gasteiger charge is -2.05. The van der Waals surface area contributed by atoms with Crippen molar-refractivity contribution >= 4 is 38.9 Å². The summed E-state index contributed by atoms with van der Waals surface area (Å²) in [6.07, 6.45) is 1.90. The highest BCUT2D eigenvalue weighted by Crippen LogP contribution is 2.21. The average molecular weight is 332 g/mol. The lowest BCUT2D eigenvalue weighted by Crippen LogP contribution is -2.12. The van der Waals surface area contributed by atoms with E-state index in [1.54, 1.807) is 11.3 Å². The number of aryl methyl sites for hydroxylation is 1. The third kappa shape index (κ3) is 3.78. The SMILES string of the molecule is Cc1cnc(CNCc2cc(Br)ccc2Cl)s1. The molecule has 0 saturated heterocycles. The van der Waals surface area contributed by atoms with E-state index >= 15 is 0 Å². The number of aromatic nitrogens is 1. The van der Waals surface area contributed by atoms with Crippen molar-refractivity contribution in [3.05, 3.63) is 49.3 Å². The predicted molar refractivity (Wildman–Crippen MR) is 76.5 cm³/mol. The summed E-state index contributed by atoms with van der Waals surface area (Å²) in [6.45, 7) is 3.59. The lowest BCUT2D eigenvalue weighted by molar-refractivity contribution is 0.690. The molecule has 0 aliphatic rings. The Hall–Kier alpha value is -0.420. The van der Waals surface area contributed by atoms with Crippen LogP contribution in [0.15, 0.2) is 28.9 Å². The van der Waals surface area contributed by atoms with Gasteiger partial charge in [-0.1, -0.05) is 27.5 Å². The largest absolute Gasteiger partial charge is 0.306 e. The van der Waals surface area contributed by atoms with Gasteiger partial charge in [0.25, 0.3) is 0 Å². The summed E-state index contributed by atoms with van der Waals surface area (Å²) in [6, 6.07) is 5.87. The fourth-order valence-corrected chi connectivity index (χ4v) is 2.82. The highest BCUT2D eigenvalue weighted by molar-refractivity contribution is 9.10. The molecule has 0 bridgehead atoms. The van der Waals surface area contributed by atoms with Gasteiger partial charge in [0.1, 0.15) is 5.01 Å². The Kier molecular flexibility index (Phi) is 4.56. The van der Waals surface area contributed by atoms with E-state index < -0.39 is 0 Å². The topological polar surface area (TPSA) is 24.9 Å². The number of nitrogens with zero attached hydrogens (tertiary/aromatic N) is 1. The molecule has 0 aliphatic heterocycles. The van der Waals surface area contributed by atoms with E-state index in [1.165, 1.54) is 4.88 Å². The Balaban J connectivity index is 1.91. The molecule has 0 fully saturated rings. The number of halogens is 2. The Morgan fingerprint density at radius 2 is 2.24 bits per heavy atom. The smallest absolute Gasteiger partial charge is 0.107 e. The van der Waals surface area contributed by atoms with Crippen LogP contribution in [0.3, 0.4) is 0 Å². The minimum atomic E-state index is 0.747. The molecule has 0 amide bonds. The first-order chi connectivity index (χ1) is 8.15.